The second-order valence-corrected chi connectivity index (χ2v) is 6.08. The van der Waals surface area contributed by atoms with E-state index in [-0.39, 0.29) is 10.6 Å². The molecule has 0 heterocycles. The number of rotatable bonds is 6. The molecule has 1 aromatic rings. The molecule has 5 heteroatoms. The van der Waals surface area contributed by atoms with E-state index >= 15 is 0 Å². The van der Waals surface area contributed by atoms with Gasteiger partial charge in [-0.05, 0) is 31.5 Å². The molecule has 0 fully saturated rings. The normalized spacial score (nSPS) is 11.6. The van der Waals surface area contributed by atoms with Gasteiger partial charge in [0.15, 0.2) is 9.84 Å². The molecule has 1 aromatic carbocycles. The van der Waals surface area contributed by atoms with E-state index in [9.17, 15) is 8.42 Å². The van der Waals surface area contributed by atoms with Crippen molar-refractivity contribution in [2.45, 2.75) is 24.2 Å². The van der Waals surface area contributed by atoms with E-state index in [2.05, 4.69) is 0 Å². The number of halogens is 1. The van der Waals surface area contributed by atoms with Crippen LogP contribution in [0.25, 0.3) is 0 Å². The zero-order valence-corrected chi connectivity index (χ0v) is 10.6. The molecule has 0 aliphatic heterocycles. The highest BCUT2D eigenvalue weighted by atomic mass is 35.5. The molecular weight excluding hydrogens is 246 g/mol. The van der Waals surface area contributed by atoms with Gasteiger partial charge in [0.1, 0.15) is 0 Å². The van der Waals surface area contributed by atoms with Crippen molar-refractivity contribution in [1.82, 2.24) is 0 Å². The number of benzene rings is 1. The highest BCUT2D eigenvalue weighted by molar-refractivity contribution is 7.91. The molecule has 0 spiro atoms. The lowest BCUT2D eigenvalue weighted by Gasteiger charge is -2.05. The Balaban J connectivity index is 2.68. The van der Waals surface area contributed by atoms with E-state index in [1.165, 1.54) is 0 Å². The van der Waals surface area contributed by atoms with Crippen molar-refractivity contribution < 1.29 is 8.42 Å². The van der Waals surface area contributed by atoms with Crippen LogP contribution in [0.15, 0.2) is 29.2 Å². The first kappa shape index (κ1) is 13.5. The Morgan fingerprint density at radius 3 is 2.44 bits per heavy atom. The highest BCUT2D eigenvalue weighted by Gasteiger charge is 2.16. The molecule has 0 aromatic heterocycles. The maximum absolute atomic E-state index is 11.9. The molecule has 0 radical (unpaired) electrons. The SMILES string of the molecule is NCCCCCS(=O)(=O)c1ccccc1Cl. The number of hydrogen-bond donors (Lipinski definition) is 1. The summed E-state index contributed by atoms with van der Waals surface area (Å²) in [7, 11) is -3.24. The van der Waals surface area contributed by atoms with Crippen LogP contribution in [0.1, 0.15) is 19.3 Å². The Labute approximate surface area is 102 Å². The summed E-state index contributed by atoms with van der Waals surface area (Å²) in [5.74, 6) is 0.136. The van der Waals surface area contributed by atoms with Gasteiger partial charge >= 0.3 is 0 Å². The first-order chi connectivity index (χ1) is 7.58. The van der Waals surface area contributed by atoms with E-state index < -0.39 is 9.84 Å². The van der Waals surface area contributed by atoms with Crippen LogP contribution in [0.4, 0.5) is 0 Å². The molecular formula is C11H16ClNO2S. The minimum absolute atomic E-state index is 0.136. The molecule has 2 N–H and O–H groups in total. The van der Waals surface area contributed by atoms with Crippen molar-refractivity contribution in [3.63, 3.8) is 0 Å². The van der Waals surface area contributed by atoms with Gasteiger partial charge in [0.2, 0.25) is 0 Å². The van der Waals surface area contributed by atoms with Gasteiger partial charge in [-0.3, -0.25) is 0 Å². The third-order valence-corrected chi connectivity index (χ3v) is 4.58. The van der Waals surface area contributed by atoms with Gasteiger partial charge in [0, 0.05) is 0 Å². The fourth-order valence-electron chi connectivity index (χ4n) is 1.42. The fourth-order valence-corrected chi connectivity index (χ4v) is 3.36. The Kier molecular flexibility index (Phi) is 5.25. The van der Waals surface area contributed by atoms with Gasteiger partial charge in [-0.15, -0.1) is 0 Å². The Morgan fingerprint density at radius 2 is 1.81 bits per heavy atom. The zero-order valence-electron chi connectivity index (χ0n) is 9.02. The summed E-state index contributed by atoms with van der Waals surface area (Å²) in [6.07, 6.45) is 2.32. The first-order valence-electron chi connectivity index (χ1n) is 5.25. The fraction of sp³-hybridized carbons (Fsp3) is 0.455. The van der Waals surface area contributed by atoms with Crippen LogP contribution in [0, 0.1) is 0 Å². The molecule has 0 amide bonds. The summed E-state index contributed by atoms with van der Waals surface area (Å²) >= 11 is 5.85. The van der Waals surface area contributed by atoms with Gasteiger partial charge in [0.05, 0.1) is 15.7 Å². The van der Waals surface area contributed by atoms with Crippen LogP contribution >= 0.6 is 11.6 Å². The lowest BCUT2D eigenvalue weighted by molar-refractivity contribution is 0.590. The van der Waals surface area contributed by atoms with Crippen molar-refractivity contribution in [3.05, 3.63) is 29.3 Å². The molecule has 1 rings (SSSR count). The van der Waals surface area contributed by atoms with Crippen LogP contribution in [0.2, 0.25) is 5.02 Å². The minimum atomic E-state index is -3.24. The molecule has 0 unspecified atom stereocenters. The molecule has 0 aliphatic carbocycles. The lowest BCUT2D eigenvalue weighted by Crippen LogP contribution is -2.08. The number of sulfone groups is 1. The van der Waals surface area contributed by atoms with Gasteiger partial charge in [-0.2, -0.15) is 0 Å². The first-order valence-corrected chi connectivity index (χ1v) is 7.28. The highest BCUT2D eigenvalue weighted by Crippen LogP contribution is 2.22. The Morgan fingerprint density at radius 1 is 1.12 bits per heavy atom. The van der Waals surface area contributed by atoms with Crippen molar-refractivity contribution >= 4 is 21.4 Å². The predicted octanol–water partition coefficient (Wildman–Crippen LogP) is 2.24. The Hall–Kier alpha value is -0.580. The summed E-state index contributed by atoms with van der Waals surface area (Å²) in [5.41, 5.74) is 5.34. The van der Waals surface area contributed by atoms with Crippen molar-refractivity contribution in [1.29, 1.82) is 0 Å². The molecule has 0 aliphatic rings. The van der Waals surface area contributed by atoms with Crippen LogP contribution in [0.3, 0.4) is 0 Å². The lowest BCUT2D eigenvalue weighted by atomic mass is 10.2. The third kappa shape index (κ3) is 3.77. The minimum Gasteiger partial charge on any atom is -0.330 e. The van der Waals surface area contributed by atoms with Gasteiger partial charge in [-0.1, -0.05) is 30.2 Å². The predicted molar refractivity (Wildman–Crippen MR) is 66.4 cm³/mol. The molecule has 0 saturated heterocycles. The number of unbranched alkanes of at least 4 members (excludes halogenated alkanes) is 2. The molecule has 3 nitrogen and oxygen atoms in total. The summed E-state index contributed by atoms with van der Waals surface area (Å²) in [6.45, 7) is 0.603. The van der Waals surface area contributed by atoms with Crippen LogP contribution in [-0.2, 0) is 9.84 Å². The molecule has 0 atom stereocenters. The monoisotopic (exact) mass is 261 g/mol. The van der Waals surface area contributed by atoms with Crippen molar-refractivity contribution in [3.8, 4) is 0 Å². The second-order valence-electron chi connectivity index (χ2n) is 3.60. The molecule has 16 heavy (non-hydrogen) atoms. The number of hydrogen-bond acceptors (Lipinski definition) is 3. The maximum atomic E-state index is 11.9. The maximum Gasteiger partial charge on any atom is 0.179 e. The summed E-state index contributed by atoms with van der Waals surface area (Å²) < 4.78 is 23.8. The van der Waals surface area contributed by atoms with Crippen molar-refractivity contribution in [2.24, 2.45) is 5.73 Å². The smallest absolute Gasteiger partial charge is 0.179 e. The molecule has 90 valence electrons. The second kappa shape index (κ2) is 6.23. The molecule has 0 saturated carbocycles. The standard InChI is InChI=1S/C11H16ClNO2S/c12-10-6-2-3-7-11(10)16(14,15)9-5-1-4-8-13/h2-3,6-7H,1,4-5,8-9,13H2. The molecule has 0 bridgehead atoms. The third-order valence-electron chi connectivity index (χ3n) is 2.29. The van der Waals surface area contributed by atoms with E-state index in [0.717, 1.165) is 12.8 Å². The largest absolute Gasteiger partial charge is 0.330 e. The quantitative estimate of drug-likeness (QED) is 0.799. The van der Waals surface area contributed by atoms with E-state index in [1.54, 1.807) is 24.3 Å². The summed E-state index contributed by atoms with van der Waals surface area (Å²) in [6, 6.07) is 6.53. The summed E-state index contributed by atoms with van der Waals surface area (Å²) in [4.78, 5) is 0.226. The van der Waals surface area contributed by atoms with E-state index in [4.69, 9.17) is 17.3 Å². The zero-order chi connectivity index (χ0) is 12.0. The van der Waals surface area contributed by atoms with Crippen LogP contribution in [-0.4, -0.2) is 20.7 Å². The van der Waals surface area contributed by atoms with Crippen LogP contribution in [0.5, 0.6) is 0 Å². The van der Waals surface area contributed by atoms with Crippen molar-refractivity contribution in [2.75, 3.05) is 12.3 Å². The number of nitrogens with two attached hydrogens (primary N) is 1. The topological polar surface area (TPSA) is 60.2 Å². The summed E-state index contributed by atoms with van der Waals surface area (Å²) in [5, 5.41) is 0.293. The van der Waals surface area contributed by atoms with E-state index in [0.29, 0.717) is 18.0 Å². The van der Waals surface area contributed by atoms with E-state index in [1.807, 2.05) is 0 Å². The van der Waals surface area contributed by atoms with Crippen LogP contribution < -0.4 is 5.73 Å². The average molecular weight is 262 g/mol. The van der Waals surface area contributed by atoms with Gasteiger partial charge in [-0.25, -0.2) is 8.42 Å². The van der Waals surface area contributed by atoms with Gasteiger partial charge in [0.25, 0.3) is 0 Å². The van der Waals surface area contributed by atoms with Gasteiger partial charge < -0.3 is 5.73 Å². The Bertz CT molecular complexity index is 431. The average Bonchev–Trinajstić information content (AvgIpc) is 2.25.